The van der Waals surface area contributed by atoms with E-state index < -0.39 is 0 Å². The van der Waals surface area contributed by atoms with E-state index in [9.17, 15) is 9.59 Å². The first-order valence-corrected chi connectivity index (χ1v) is 9.76. The Hall–Kier alpha value is -3.48. The van der Waals surface area contributed by atoms with E-state index in [2.05, 4.69) is 15.4 Å². The zero-order valence-electron chi connectivity index (χ0n) is 16.3. The molecule has 7 heteroatoms. The Morgan fingerprint density at radius 1 is 1.17 bits per heavy atom. The minimum Gasteiger partial charge on any atom is -0.324 e. The summed E-state index contributed by atoms with van der Waals surface area (Å²) in [5, 5.41) is 7.54. The monoisotopic (exact) mass is 387 g/mol. The maximum absolute atomic E-state index is 13.2. The summed E-state index contributed by atoms with van der Waals surface area (Å²) in [6, 6.07) is 11.2. The predicted molar refractivity (Wildman–Crippen MR) is 111 cm³/mol. The highest BCUT2D eigenvalue weighted by molar-refractivity contribution is 5.92. The van der Waals surface area contributed by atoms with Crippen LogP contribution in [0, 0.1) is 13.8 Å². The molecule has 5 rings (SSSR count). The van der Waals surface area contributed by atoms with Crippen LogP contribution in [0.1, 0.15) is 35.6 Å². The molecule has 0 atom stereocenters. The molecular weight excluding hydrogens is 366 g/mol. The molecule has 0 unspecified atom stereocenters. The molecule has 4 aromatic rings. The highest BCUT2D eigenvalue weighted by Gasteiger charge is 2.28. The van der Waals surface area contributed by atoms with Gasteiger partial charge < -0.3 is 5.32 Å². The van der Waals surface area contributed by atoms with Crippen LogP contribution in [0.15, 0.2) is 47.4 Å². The highest BCUT2D eigenvalue weighted by Crippen LogP contribution is 2.39. The van der Waals surface area contributed by atoms with Crippen LogP contribution in [0.3, 0.4) is 0 Å². The van der Waals surface area contributed by atoms with E-state index in [4.69, 9.17) is 0 Å². The van der Waals surface area contributed by atoms with Gasteiger partial charge in [-0.25, -0.2) is 9.50 Å². The number of benzene rings is 1. The summed E-state index contributed by atoms with van der Waals surface area (Å²) in [5.74, 6) is 0.173. The van der Waals surface area contributed by atoms with Gasteiger partial charge in [0.15, 0.2) is 5.65 Å². The molecule has 7 nitrogen and oxygen atoms in total. The van der Waals surface area contributed by atoms with E-state index in [1.807, 2.05) is 38.1 Å². The standard InChI is InChI=1S/C22H21N5O2/c1-13-5-3-6-16(14(13)2)24-20(28)12-26-18-7-4-10-23-21(18)27-19(22(26)29)11-17(25-27)15-8-9-15/h3-7,10-11,15H,8-9,12H2,1-2H3,(H,24,28). The Kier molecular flexibility index (Phi) is 3.97. The lowest BCUT2D eigenvalue weighted by Gasteiger charge is -2.13. The molecule has 0 aliphatic heterocycles. The van der Waals surface area contributed by atoms with Gasteiger partial charge in [0.25, 0.3) is 5.56 Å². The zero-order valence-corrected chi connectivity index (χ0v) is 16.3. The molecule has 1 aliphatic rings. The Bertz CT molecular complexity index is 1330. The van der Waals surface area contributed by atoms with Crippen molar-refractivity contribution in [3.63, 3.8) is 0 Å². The lowest BCUT2D eigenvalue weighted by Crippen LogP contribution is -2.29. The number of fused-ring (bicyclic) bond motifs is 3. The Balaban J connectivity index is 1.58. The first kappa shape index (κ1) is 17.6. The number of rotatable bonds is 4. The van der Waals surface area contributed by atoms with Crippen molar-refractivity contribution in [2.75, 3.05) is 5.32 Å². The molecular formula is C22H21N5O2. The third-order valence-electron chi connectivity index (χ3n) is 5.63. The molecule has 3 heterocycles. The van der Waals surface area contributed by atoms with E-state index in [0.29, 0.717) is 22.6 Å². The maximum Gasteiger partial charge on any atom is 0.277 e. The lowest BCUT2D eigenvalue weighted by molar-refractivity contribution is -0.116. The van der Waals surface area contributed by atoms with Gasteiger partial charge in [-0.2, -0.15) is 5.10 Å². The molecule has 1 amide bonds. The van der Waals surface area contributed by atoms with E-state index in [0.717, 1.165) is 35.3 Å². The number of carbonyl (C=O) groups is 1. The van der Waals surface area contributed by atoms with Gasteiger partial charge in [0.2, 0.25) is 5.91 Å². The van der Waals surface area contributed by atoms with Crippen LogP contribution >= 0.6 is 0 Å². The second kappa shape index (κ2) is 6.55. The Morgan fingerprint density at radius 3 is 2.79 bits per heavy atom. The number of anilines is 1. The molecule has 1 saturated carbocycles. The molecule has 0 spiro atoms. The molecule has 1 aromatic carbocycles. The van der Waals surface area contributed by atoms with Crippen molar-refractivity contribution < 1.29 is 4.79 Å². The first-order valence-electron chi connectivity index (χ1n) is 9.76. The Labute approximate surface area is 167 Å². The number of aromatic nitrogens is 4. The van der Waals surface area contributed by atoms with Crippen LogP contribution in [-0.4, -0.2) is 25.1 Å². The van der Waals surface area contributed by atoms with Crippen molar-refractivity contribution in [2.45, 2.75) is 39.2 Å². The molecule has 0 bridgehead atoms. The van der Waals surface area contributed by atoms with Crippen LogP contribution in [0.25, 0.3) is 16.7 Å². The molecule has 0 saturated heterocycles. The number of carbonyl (C=O) groups excluding carboxylic acids is 1. The Morgan fingerprint density at radius 2 is 2.00 bits per heavy atom. The smallest absolute Gasteiger partial charge is 0.277 e. The number of nitrogens with zero attached hydrogens (tertiary/aromatic N) is 4. The van der Waals surface area contributed by atoms with Gasteiger partial charge in [0.05, 0.1) is 11.2 Å². The maximum atomic E-state index is 13.2. The van der Waals surface area contributed by atoms with Crippen molar-refractivity contribution in [3.8, 4) is 0 Å². The first-order chi connectivity index (χ1) is 14.0. The number of pyridine rings is 1. The second-order valence-electron chi connectivity index (χ2n) is 7.67. The summed E-state index contributed by atoms with van der Waals surface area (Å²) in [7, 11) is 0. The average molecular weight is 387 g/mol. The molecule has 3 aromatic heterocycles. The second-order valence-corrected chi connectivity index (χ2v) is 7.67. The normalized spacial score (nSPS) is 13.9. The summed E-state index contributed by atoms with van der Waals surface area (Å²) in [6.45, 7) is 3.88. The summed E-state index contributed by atoms with van der Waals surface area (Å²) in [6.07, 6.45) is 3.87. The number of aryl methyl sites for hydroxylation is 1. The van der Waals surface area contributed by atoms with Gasteiger partial charge in [-0.3, -0.25) is 14.2 Å². The van der Waals surface area contributed by atoms with Crippen molar-refractivity contribution >= 4 is 28.3 Å². The zero-order chi connectivity index (χ0) is 20.1. The summed E-state index contributed by atoms with van der Waals surface area (Å²) < 4.78 is 3.10. The van der Waals surface area contributed by atoms with Gasteiger partial charge in [0.1, 0.15) is 12.1 Å². The van der Waals surface area contributed by atoms with E-state index in [-0.39, 0.29) is 18.0 Å². The minimum absolute atomic E-state index is 0.0884. The average Bonchev–Trinajstić information content (AvgIpc) is 3.47. The molecule has 1 N–H and O–H groups in total. The van der Waals surface area contributed by atoms with E-state index in [1.54, 1.807) is 22.8 Å². The predicted octanol–water partition coefficient (Wildman–Crippen LogP) is 3.18. The van der Waals surface area contributed by atoms with Crippen molar-refractivity contribution in [3.05, 3.63) is 69.8 Å². The SMILES string of the molecule is Cc1cccc(NC(=O)Cn2c(=O)c3cc(C4CC4)nn3c3ncccc32)c1C. The number of nitrogens with one attached hydrogen (secondary N) is 1. The van der Waals surface area contributed by atoms with Crippen molar-refractivity contribution in [1.82, 2.24) is 19.2 Å². The fourth-order valence-electron chi connectivity index (χ4n) is 3.68. The van der Waals surface area contributed by atoms with Crippen molar-refractivity contribution in [2.24, 2.45) is 0 Å². The third-order valence-corrected chi connectivity index (χ3v) is 5.63. The topological polar surface area (TPSA) is 81.3 Å². The fraction of sp³-hybridized carbons (Fsp3) is 0.273. The van der Waals surface area contributed by atoms with Crippen LogP contribution in [0.2, 0.25) is 0 Å². The van der Waals surface area contributed by atoms with E-state index >= 15 is 0 Å². The summed E-state index contributed by atoms with van der Waals surface area (Å²) >= 11 is 0. The molecule has 146 valence electrons. The van der Waals surface area contributed by atoms with Gasteiger partial charge in [-0.05, 0) is 62.1 Å². The van der Waals surface area contributed by atoms with Crippen LogP contribution in [0.5, 0.6) is 0 Å². The molecule has 1 fully saturated rings. The quantitative estimate of drug-likeness (QED) is 0.583. The van der Waals surface area contributed by atoms with Gasteiger partial charge in [-0.15, -0.1) is 0 Å². The van der Waals surface area contributed by atoms with Gasteiger partial charge in [0, 0.05) is 17.8 Å². The number of hydrogen-bond donors (Lipinski definition) is 1. The van der Waals surface area contributed by atoms with Crippen LogP contribution < -0.4 is 10.9 Å². The van der Waals surface area contributed by atoms with Crippen LogP contribution in [-0.2, 0) is 11.3 Å². The van der Waals surface area contributed by atoms with Gasteiger partial charge >= 0.3 is 0 Å². The third kappa shape index (κ3) is 2.99. The lowest BCUT2D eigenvalue weighted by atomic mass is 10.1. The molecule has 29 heavy (non-hydrogen) atoms. The molecule has 1 aliphatic carbocycles. The van der Waals surface area contributed by atoms with Gasteiger partial charge in [-0.1, -0.05) is 12.1 Å². The largest absolute Gasteiger partial charge is 0.324 e. The summed E-state index contributed by atoms with van der Waals surface area (Å²) in [4.78, 5) is 30.4. The van der Waals surface area contributed by atoms with Crippen molar-refractivity contribution in [1.29, 1.82) is 0 Å². The summed E-state index contributed by atoms with van der Waals surface area (Å²) in [5.41, 5.74) is 5.18. The number of hydrogen-bond acceptors (Lipinski definition) is 4. The molecule has 0 radical (unpaired) electrons. The van der Waals surface area contributed by atoms with Crippen LogP contribution in [0.4, 0.5) is 5.69 Å². The van der Waals surface area contributed by atoms with E-state index in [1.165, 1.54) is 4.57 Å². The minimum atomic E-state index is -0.253. The number of amides is 1. The fourth-order valence-corrected chi connectivity index (χ4v) is 3.68. The highest BCUT2D eigenvalue weighted by atomic mass is 16.2.